The average Bonchev–Trinajstić information content (AvgIpc) is 2.45. The van der Waals surface area contributed by atoms with Crippen LogP contribution in [0.1, 0.15) is 20.3 Å². The molecule has 10 nitrogen and oxygen atoms in total. The molecule has 1 fully saturated rings. The predicted molar refractivity (Wildman–Crippen MR) is 85.1 cm³/mol. The summed E-state index contributed by atoms with van der Waals surface area (Å²) < 4.78 is 20.5. The summed E-state index contributed by atoms with van der Waals surface area (Å²) >= 11 is 0.788. The minimum absolute atomic E-state index is 0.0429. The van der Waals surface area contributed by atoms with Crippen LogP contribution in [-0.2, 0) is 23.4 Å². The second-order valence-corrected chi connectivity index (χ2v) is 8.01. The van der Waals surface area contributed by atoms with Gasteiger partial charge in [0.05, 0.1) is 6.61 Å². The molecule has 0 aromatic carbocycles. The highest BCUT2D eigenvalue weighted by molar-refractivity contribution is 8.13. The lowest BCUT2D eigenvalue weighted by atomic mass is 9.87. The number of cyclic esters (lactones) is 1. The SMILES string of the molecule is CC(C)(COP(=O)(O)O)[C@H]1OC(=O)SCCNC(=O)CCNC1=O. The van der Waals surface area contributed by atoms with Crippen LogP contribution in [0.15, 0.2) is 0 Å². The van der Waals surface area contributed by atoms with E-state index in [0.717, 1.165) is 11.8 Å². The van der Waals surface area contributed by atoms with Crippen molar-refractivity contribution in [2.75, 3.05) is 25.4 Å². The molecule has 12 heteroatoms. The minimum atomic E-state index is -4.73. The van der Waals surface area contributed by atoms with E-state index in [1.54, 1.807) is 0 Å². The maximum absolute atomic E-state index is 12.3. The third-order valence-corrected chi connectivity index (χ3v) is 4.27. The summed E-state index contributed by atoms with van der Waals surface area (Å²) in [5.74, 6) is -0.652. The molecule has 1 heterocycles. The van der Waals surface area contributed by atoms with Crippen LogP contribution in [0.25, 0.3) is 0 Å². The van der Waals surface area contributed by atoms with E-state index in [1.807, 2.05) is 0 Å². The summed E-state index contributed by atoms with van der Waals surface area (Å²) in [6.07, 6.45) is -1.26. The second kappa shape index (κ2) is 8.82. The zero-order valence-corrected chi connectivity index (χ0v) is 15.0. The standard InChI is InChI=1S/C12H21N2O8PS/c1-12(2,7-21-23(18,19)20)9-10(16)14-4-3-8(15)13-5-6-24-11(17)22-9/h9H,3-7H2,1-2H3,(H,13,15)(H,14,16)(H2,18,19,20)/t9-/m0/s1. The Hall–Kier alpha value is -1.13. The first-order chi connectivity index (χ1) is 11.0. The molecule has 0 aromatic rings. The molecule has 1 aliphatic rings. The molecule has 2 amide bonds. The number of carbonyl (C=O) groups is 3. The van der Waals surface area contributed by atoms with E-state index in [2.05, 4.69) is 15.2 Å². The fraction of sp³-hybridized carbons (Fsp3) is 0.750. The number of amides is 2. The lowest BCUT2D eigenvalue weighted by Gasteiger charge is -2.32. The fourth-order valence-corrected chi connectivity index (χ4v) is 2.87. The fourth-order valence-electron chi connectivity index (χ4n) is 1.83. The van der Waals surface area contributed by atoms with Gasteiger partial charge in [-0.05, 0) is 11.8 Å². The molecule has 0 radical (unpaired) electrons. The Balaban J connectivity index is 2.87. The van der Waals surface area contributed by atoms with Crippen LogP contribution in [0.2, 0.25) is 0 Å². The highest BCUT2D eigenvalue weighted by Gasteiger charge is 2.40. The van der Waals surface area contributed by atoms with Gasteiger partial charge in [0.15, 0.2) is 6.10 Å². The number of rotatable bonds is 4. The Morgan fingerprint density at radius 3 is 2.58 bits per heavy atom. The van der Waals surface area contributed by atoms with Crippen LogP contribution in [0.4, 0.5) is 4.79 Å². The van der Waals surface area contributed by atoms with Gasteiger partial charge in [-0.25, -0.2) is 9.36 Å². The first kappa shape index (κ1) is 20.9. The maximum Gasteiger partial charge on any atom is 0.469 e. The van der Waals surface area contributed by atoms with Crippen molar-refractivity contribution < 1.29 is 38.0 Å². The highest BCUT2D eigenvalue weighted by atomic mass is 32.2. The Bertz CT molecular complexity index is 535. The van der Waals surface area contributed by atoms with Gasteiger partial charge in [-0.2, -0.15) is 0 Å². The molecule has 1 rings (SSSR count). The predicted octanol–water partition coefficient (Wildman–Crippen LogP) is -0.00360. The summed E-state index contributed by atoms with van der Waals surface area (Å²) in [5.41, 5.74) is -1.20. The van der Waals surface area contributed by atoms with Gasteiger partial charge in [-0.3, -0.25) is 14.1 Å². The Morgan fingerprint density at radius 1 is 1.29 bits per heavy atom. The normalized spacial score (nSPS) is 21.8. The number of ether oxygens (including phenoxy) is 1. The smallest absolute Gasteiger partial charge is 0.443 e. The number of phosphoric acid groups is 1. The number of thioether (sulfide) groups is 1. The van der Waals surface area contributed by atoms with Crippen molar-refractivity contribution in [2.24, 2.45) is 5.41 Å². The zero-order valence-electron chi connectivity index (χ0n) is 13.3. The van der Waals surface area contributed by atoms with E-state index < -0.39 is 37.2 Å². The molecular weight excluding hydrogens is 363 g/mol. The van der Waals surface area contributed by atoms with Gasteiger partial charge in [-0.15, -0.1) is 0 Å². The van der Waals surface area contributed by atoms with Crippen LogP contribution < -0.4 is 10.6 Å². The third kappa shape index (κ3) is 7.63. The summed E-state index contributed by atoms with van der Waals surface area (Å²) in [7, 11) is -4.73. The summed E-state index contributed by atoms with van der Waals surface area (Å²) in [4.78, 5) is 53.2. The third-order valence-electron chi connectivity index (χ3n) is 3.06. The number of hydrogen-bond donors (Lipinski definition) is 4. The number of nitrogens with one attached hydrogen (secondary N) is 2. The van der Waals surface area contributed by atoms with Crippen LogP contribution in [0, 0.1) is 5.41 Å². The Morgan fingerprint density at radius 2 is 1.96 bits per heavy atom. The first-order valence-electron chi connectivity index (χ1n) is 7.09. The quantitative estimate of drug-likeness (QED) is 0.387. The summed E-state index contributed by atoms with van der Waals surface area (Å²) in [6, 6.07) is 0. The average molecular weight is 384 g/mol. The van der Waals surface area contributed by atoms with Gasteiger partial charge in [0, 0.05) is 30.7 Å². The van der Waals surface area contributed by atoms with Crippen molar-refractivity contribution in [3.05, 3.63) is 0 Å². The van der Waals surface area contributed by atoms with Crippen LogP contribution >= 0.6 is 19.6 Å². The lowest BCUT2D eigenvalue weighted by Crippen LogP contribution is -2.49. The topological polar surface area (TPSA) is 151 Å². The highest BCUT2D eigenvalue weighted by Crippen LogP contribution is 2.39. The molecule has 1 saturated heterocycles. The number of carbonyl (C=O) groups excluding carboxylic acids is 3. The maximum atomic E-state index is 12.3. The molecule has 0 bridgehead atoms. The second-order valence-electron chi connectivity index (χ2n) is 5.74. The molecule has 1 aliphatic heterocycles. The van der Waals surface area contributed by atoms with E-state index in [4.69, 9.17) is 14.5 Å². The van der Waals surface area contributed by atoms with Crippen molar-refractivity contribution in [3.8, 4) is 0 Å². The van der Waals surface area contributed by atoms with Gasteiger partial charge in [0.1, 0.15) is 0 Å². The Labute approximate surface area is 143 Å². The van der Waals surface area contributed by atoms with E-state index >= 15 is 0 Å². The van der Waals surface area contributed by atoms with E-state index in [-0.39, 0.29) is 31.2 Å². The van der Waals surface area contributed by atoms with E-state index in [1.165, 1.54) is 13.8 Å². The number of phosphoric ester groups is 1. The molecule has 24 heavy (non-hydrogen) atoms. The lowest BCUT2D eigenvalue weighted by molar-refractivity contribution is -0.136. The van der Waals surface area contributed by atoms with Gasteiger partial charge >= 0.3 is 13.1 Å². The molecule has 0 saturated carbocycles. The molecule has 4 N–H and O–H groups in total. The van der Waals surface area contributed by atoms with Gasteiger partial charge < -0.3 is 25.2 Å². The van der Waals surface area contributed by atoms with Gasteiger partial charge in [0.25, 0.3) is 5.91 Å². The number of hydrogen-bond acceptors (Lipinski definition) is 7. The summed E-state index contributed by atoms with van der Waals surface area (Å²) in [5, 5.41) is 4.33. The van der Waals surface area contributed by atoms with Crippen LogP contribution in [0.5, 0.6) is 0 Å². The van der Waals surface area contributed by atoms with E-state index in [0.29, 0.717) is 0 Å². The van der Waals surface area contributed by atoms with Crippen LogP contribution in [0.3, 0.4) is 0 Å². The molecule has 138 valence electrons. The molecule has 0 aromatic heterocycles. The monoisotopic (exact) mass is 384 g/mol. The molecule has 0 aliphatic carbocycles. The van der Waals surface area contributed by atoms with Crippen molar-refractivity contribution in [3.63, 3.8) is 0 Å². The zero-order chi connectivity index (χ0) is 18.4. The van der Waals surface area contributed by atoms with Crippen LogP contribution in [-0.4, -0.2) is 58.5 Å². The molecular formula is C12H21N2O8PS. The van der Waals surface area contributed by atoms with Gasteiger partial charge in [-0.1, -0.05) is 13.8 Å². The molecule has 0 unspecified atom stereocenters. The van der Waals surface area contributed by atoms with Crippen molar-refractivity contribution >= 4 is 36.7 Å². The Kier molecular flexibility index (Phi) is 7.68. The molecule has 1 atom stereocenters. The first-order valence-corrected chi connectivity index (χ1v) is 9.61. The molecule has 0 spiro atoms. The minimum Gasteiger partial charge on any atom is -0.443 e. The largest absolute Gasteiger partial charge is 0.469 e. The van der Waals surface area contributed by atoms with Crippen molar-refractivity contribution in [2.45, 2.75) is 26.4 Å². The summed E-state index contributed by atoms with van der Waals surface area (Å²) in [6.45, 7) is 2.77. The van der Waals surface area contributed by atoms with E-state index in [9.17, 15) is 18.9 Å². The van der Waals surface area contributed by atoms with Crippen molar-refractivity contribution in [1.82, 2.24) is 10.6 Å². The van der Waals surface area contributed by atoms with Crippen molar-refractivity contribution in [1.29, 1.82) is 0 Å². The van der Waals surface area contributed by atoms with Gasteiger partial charge in [0.2, 0.25) is 5.91 Å².